The number of benzene rings is 1. The first-order valence-electron chi connectivity index (χ1n) is 6.96. The van der Waals surface area contributed by atoms with Crippen LogP contribution in [0.1, 0.15) is 32.3 Å². The molecule has 1 unspecified atom stereocenters. The van der Waals surface area contributed by atoms with Crippen molar-refractivity contribution in [3.63, 3.8) is 0 Å². The minimum absolute atomic E-state index is 0.310. The van der Waals surface area contributed by atoms with Crippen molar-refractivity contribution in [1.29, 1.82) is 5.26 Å². The van der Waals surface area contributed by atoms with E-state index >= 15 is 0 Å². The summed E-state index contributed by atoms with van der Waals surface area (Å²) in [7, 11) is 0. The van der Waals surface area contributed by atoms with E-state index in [1.54, 1.807) is 6.07 Å². The van der Waals surface area contributed by atoms with Crippen LogP contribution in [0.15, 0.2) is 52.3 Å². The Balaban J connectivity index is 2.79. The predicted molar refractivity (Wildman–Crippen MR) is 90.2 cm³/mol. The Morgan fingerprint density at radius 2 is 1.95 bits per heavy atom. The van der Waals surface area contributed by atoms with Crippen LogP contribution in [0.3, 0.4) is 0 Å². The molecule has 0 aliphatic carbocycles. The van der Waals surface area contributed by atoms with Gasteiger partial charge >= 0.3 is 0 Å². The van der Waals surface area contributed by atoms with Gasteiger partial charge in [-0.2, -0.15) is 5.26 Å². The van der Waals surface area contributed by atoms with Gasteiger partial charge in [0.2, 0.25) is 0 Å². The van der Waals surface area contributed by atoms with Crippen molar-refractivity contribution in [1.82, 2.24) is 0 Å². The van der Waals surface area contributed by atoms with Crippen LogP contribution in [0.4, 0.5) is 0 Å². The minimum atomic E-state index is -0.393. The molecule has 22 heavy (non-hydrogen) atoms. The van der Waals surface area contributed by atoms with E-state index in [4.69, 9.17) is 23.1 Å². The first-order valence-corrected chi connectivity index (χ1v) is 7.34. The van der Waals surface area contributed by atoms with Crippen molar-refractivity contribution in [2.75, 3.05) is 0 Å². The van der Waals surface area contributed by atoms with E-state index in [0.717, 1.165) is 5.56 Å². The van der Waals surface area contributed by atoms with Crippen LogP contribution in [0.5, 0.6) is 0 Å². The molecule has 1 aliphatic heterocycles. The van der Waals surface area contributed by atoms with Crippen LogP contribution in [0, 0.1) is 16.7 Å². The number of halogens is 1. The number of allylic oxidation sites excluding steroid dienone is 2. The maximum atomic E-state index is 9.72. The highest BCUT2D eigenvalue weighted by Gasteiger charge is 2.35. The molecule has 114 valence electrons. The zero-order valence-electron chi connectivity index (χ0n) is 12.9. The molecule has 0 fully saturated rings. The second-order valence-corrected chi connectivity index (χ2v) is 6.60. The topological polar surface area (TPSA) is 88.2 Å². The zero-order valence-corrected chi connectivity index (χ0v) is 13.6. The molecule has 1 atom stereocenters. The third kappa shape index (κ3) is 2.72. The summed E-state index contributed by atoms with van der Waals surface area (Å²) in [4.78, 5) is 4.42. The molecule has 4 nitrogen and oxygen atoms in total. The van der Waals surface area contributed by atoms with E-state index in [0.29, 0.717) is 27.7 Å². The lowest BCUT2D eigenvalue weighted by atomic mass is 9.77. The number of nitrogens with zero attached hydrogens (tertiary/aromatic N) is 2. The molecule has 0 amide bonds. The SMILES string of the molecule is CC(C)(C)C1=C(C#N)C(c2ccccc2Cl)/C(=C/N)C(N)=N1. The van der Waals surface area contributed by atoms with Gasteiger partial charge in [-0.1, -0.05) is 50.6 Å². The second-order valence-electron chi connectivity index (χ2n) is 6.20. The number of hydrogen-bond acceptors (Lipinski definition) is 4. The molecule has 0 bridgehead atoms. The van der Waals surface area contributed by atoms with Gasteiger partial charge in [0.05, 0.1) is 23.3 Å². The average molecular weight is 315 g/mol. The van der Waals surface area contributed by atoms with Crippen LogP contribution < -0.4 is 11.5 Å². The first-order chi connectivity index (χ1) is 10.3. The van der Waals surface area contributed by atoms with Crippen molar-refractivity contribution in [2.24, 2.45) is 21.9 Å². The van der Waals surface area contributed by atoms with Gasteiger partial charge in [0, 0.05) is 22.2 Å². The largest absolute Gasteiger partial charge is 0.404 e. The molecule has 1 aromatic rings. The number of nitriles is 1. The molecule has 0 saturated carbocycles. The van der Waals surface area contributed by atoms with E-state index in [-0.39, 0.29) is 5.41 Å². The maximum Gasteiger partial charge on any atom is 0.129 e. The van der Waals surface area contributed by atoms with Crippen LogP contribution in [-0.2, 0) is 0 Å². The zero-order chi connectivity index (χ0) is 16.5. The molecule has 0 spiro atoms. The van der Waals surface area contributed by atoms with Gasteiger partial charge in [0.1, 0.15) is 5.84 Å². The second kappa shape index (κ2) is 5.86. The molecular formula is C17H19ClN4. The standard InChI is InChI=1S/C17H19ClN4/c1-17(2,3)15-11(8-19)14(12(9-20)16(21)22-15)10-6-4-5-7-13(10)18/h4-7,9,14H,20H2,1-3H3,(H2,21,22)/b12-9-. The van der Waals surface area contributed by atoms with E-state index in [1.165, 1.54) is 6.20 Å². The molecule has 5 heteroatoms. The molecule has 4 N–H and O–H groups in total. The summed E-state index contributed by atoms with van der Waals surface area (Å²) < 4.78 is 0. The third-order valence-electron chi connectivity index (χ3n) is 3.61. The number of hydrogen-bond donors (Lipinski definition) is 2. The lowest BCUT2D eigenvalue weighted by Gasteiger charge is -2.31. The highest BCUT2D eigenvalue weighted by Crippen LogP contribution is 2.44. The summed E-state index contributed by atoms with van der Waals surface area (Å²) in [6.45, 7) is 5.99. The average Bonchev–Trinajstić information content (AvgIpc) is 2.45. The van der Waals surface area contributed by atoms with Crippen molar-refractivity contribution >= 4 is 17.4 Å². The fourth-order valence-electron chi connectivity index (χ4n) is 2.59. The Bertz CT molecular complexity index is 730. The van der Waals surface area contributed by atoms with Gasteiger partial charge in [0.25, 0.3) is 0 Å². The normalized spacial score (nSPS) is 20.8. The van der Waals surface area contributed by atoms with Crippen LogP contribution in [0.2, 0.25) is 5.02 Å². The molecule has 0 aromatic heterocycles. The lowest BCUT2D eigenvalue weighted by Crippen LogP contribution is -2.29. The summed E-state index contributed by atoms with van der Waals surface area (Å²) in [6, 6.07) is 9.68. The van der Waals surface area contributed by atoms with E-state index in [1.807, 2.05) is 39.0 Å². The quantitative estimate of drug-likeness (QED) is 0.832. The Morgan fingerprint density at radius 3 is 2.45 bits per heavy atom. The van der Waals surface area contributed by atoms with Crippen molar-refractivity contribution in [2.45, 2.75) is 26.7 Å². The highest BCUT2D eigenvalue weighted by atomic mass is 35.5. The molecule has 1 heterocycles. The fourth-order valence-corrected chi connectivity index (χ4v) is 2.83. The molecule has 0 saturated heterocycles. The molecule has 2 rings (SSSR count). The Labute approximate surface area is 135 Å². The first kappa shape index (κ1) is 16.1. The van der Waals surface area contributed by atoms with Crippen LogP contribution >= 0.6 is 11.6 Å². The third-order valence-corrected chi connectivity index (χ3v) is 3.95. The minimum Gasteiger partial charge on any atom is -0.404 e. The van der Waals surface area contributed by atoms with Crippen molar-refractivity contribution < 1.29 is 0 Å². The maximum absolute atomic E-state index is 9.72. The van der Waals surface area contributed by atoms with Gasteiger partial charge in [-0.05, 0) is 11.6 Å². The summed E-state index contributed by atoms with van der Waals surface area (Å²) in [5.74, 6) is -0.0632. The van der Waals surface area contributed by atoms with Crippen molar-refractivity contribution in [3.8, 4) is 6.07 Å². The number of aliphatic imine (C=N–C) groups is 1. The van der Waals surface area contributed by atoms with Gasteiger partial charge in [-0.25, -0.2) is 4.99 Å². The highest BCUT2D eigenvalue weighted by molar-refractivity contribution is 6.31. The smallest absolute Gasteiger partial charge is 0.129 e. The Hall–Kier alpha value is -2.25. The van der Waals surface area contributed by atoms with E-state index in [9.17, 15) is 5.26 Å². The van der Waals surface area contributed by atoms with Gasteiger partial charge < -0.3 is 11.5 Å². The lowest BCUT2D eigenvalue weighted by molar-refractivity contribution is 0.489. The van der Waals surface area contributed by atoms with E-state index in [2.05, 4.69) is 11.1 Å². The van der Waals surface area contributed by atoms with Crippen LogP contribution in [-0.4, -0.2) is 5.84 Å². The molecule has 1 aliphatic rings. The van der Waals surface area contributed by atoms with Gasteiger partial charge in [-0.3, -0.25) is 0 Å². The molecule has 1 aromatic carbocycles. The number of amidine groups is 1. The summed E-state index contributed by atoms with van der Waals surface area (Å²) in [6.07, 6.45) is 1.41. The summed E-state index contributed by atoms with van der Waals surface area (Å²) >= 11 is 6.33. The predicted octanol–water partition coefficient (Wildman–Crippen LogP) is 3.46. The number of nitrogens with two attached hydrogens (primary N) is 2. The monoisotopic (exact) mass is 314 g/mol. The Morgan fingerprint density at radius 1 is 1.32 bits per heavy atom. The van der Waals surface area contributed by atoms with Crippen LogP contribution in [0.25, 0.3) is 0 Å². The summed E-state index contributed by atoms with van der Waals surface area (Å²) in [5, 5.41) is 10.3. The van der Waals surface area contributed by atoms with E-state index < -0.39 is 5.92 Å². The van der Waals surface area contributed by atoms with Crippen molar-refractivity contribution in [3.05, 3.63) is 57.9 Å². The molecular weight excluding hydrogens is 296 g/mol. The van der Waals surface area contributed by atoms with Gasteiger partial charge in [0.15, 0.2) is 0 Å². The Kier molecular flexibility index (Phi) is 4.30. The van der Waals surface area contributed by atoms with Gasteiger partial charge in [-0.15, -0.1) is 0 Å². The number of rotatable bonds is 1. The molecule has 0 radical (unpaired) electrons. The summed E-state index contributed by atoms with van der Waals surface area (Å²) in [5.41, 5.74) is 14.1. The fraction of sp³-hybridized carbons (Fsp3) is 0.294.